The normalized spacial score (nSPS) is 11.5. The van der Waals surface area contributed by atoms with Gasteiger partial charge in [0.05, 0.1) is 6.42 Å². The summed E-state index contributed by atoms with van der Waals surface area (Å²) in [6, 6.07) is 3.57. The number of aliphatic carboxylic acids is 1. The molecule has 1 aromatic carbocycles. The van der Waals surface area contributed by atoms with Crippen LogP contribution in [0.2, 0.25) is 0 Å². The molecule has 0 atom stereocenters. The highest BCUT2D eigenvalue weighted by Gasteiger charge is 2.27. The van der Waals surface area contributed by atoms with Crippen LogP contribution in [0.5, 0.6) is 5.75 Å². The smallest absolute Gasteiger partial charge is 0.304 e. The van der Waals surface area contributed by atoms with E-state index in [0.717, 1.165) is 10.0 Å². The minimum Gasteiger partial charge on any atom is -0.507 e. The van der Waals surface area contributed by atoms with Gasteiger partial charge >= 0.3 is 5.97 Å². The molecule has 0 saturated heterocycles. The van der Waals surface area contributed by atoms with E-state index >= 15 is 0 Å². The van der Waals surface area contributed by atoms with Crippen LogP contribution in [0, 0.1) is 6.92 Å². The Labute approximate surface area is 103 Å². The van der Waals surface area contributed by atoms with Crippen molar-refractivity contribution in [3.8, 4) is 5.75 Å². The van der Waals surface area contributed by atoms with Crippen molar-refractivity contribution in [3.05, 3.63) is 27.7 Å². The number of phenolic OH excluding ortho intramolecular Hbond substituents is 1. The molecule has 1 aromatic rings. The monoisotopic (exact) mass is 286 g/mol. The maximum Gasteiger partial charge on any atom is 0.304 e. The van der Waals surface area contributed by atoms with Crippen LogP contribution < -0.4 is 0 Å². The quantitative estimate of drug-likeness (QED) is 0.897. The van der Waals surface area contributed by atoms with E-state index in [2.05, 4.69) is 15.9 Å². The van der Waals surface area contributed by atoms with Crippen LogP contribution in [0.25, 0.3) is 0 Å². The number of carboxylic acids is 1. The van der Waals surface area contributed by atoms with Gasteiger partial charge in [0, 0.05) is 15.5 Å². The van der Waals surface area contributed by atoms with Gasteiger partial charge in [0.2, 0.25) is 0 Å². The average Bonchev–Trinajstić information content (AvgIpc) is 2.08. The lowest BCUT2D eigenvalue weighted by Gasteiger charge is -2.25. The second kappa shape index (κ2) is 4.45. The van der Waals surface area contributed by atoms with Crippen LogP contribution in [0.4, 0.5) is 0 Å². The van der Waals surface area contributed by atoms with Gasteiger partial charge in [-0.3, -0.25) is 4.79 Å². The zero-order valence-corrected chi connectivity index (χ0v) is 11.1. The Balaban J connectivity index is 3.26. The van der Waals surface area contributed by atoms with Gasteiger partial charge in [-0.05, 0) is 24.6 Å². The van der Waals surface area contributed by atoms with E-state index in [1.165, 1.54) is 0 Å². The molecule has 3 nitrogen and oxygen atoms in total. The standard InChI is InChI=1S/C12H15BrO3/c1-7-4-8(13)5-9(11(7)16)12(2,3)6-10(14)15/h4-5,16H,6H2,1-3H3,(H,14,15). The molecule has 0 unspecified atom stereocenters. The van der Waals surface area contributed by atoms with Crippen LogP contribution in [-0.4, -0.2) is 16.2 Å². The molecule has 0 aliphatic carbocycles. The van der Waals surface area contributed by atoms with Crippen LogP contribution in [0.3, 0.4) is 0 Å². The highest BCUT2D eigenvalue weighted by atomic mass is 79.9. The lowest BCUT2D eigenvalue weighted by molar-refractivity contribution is -0.138. The van der Waals surface area contributed by atoms with Gasteiger partial charge in [-0.25, -0.2) is 0 Å². The third-order valence-corrected chi connectivity index (χ3v) is 3.05. The van der Waals surface area contributed by atoms with Gasteiger partial charge < -0.3 is 10.2 Å². The fraction of sp³-hybridized carbons (Fsp3) is 0.417. The molecule has 0 aliphatic heterocycles. The molecule has 0 spiro atoms. The minimum atomic E-state index is -0.873. The second-order valence-electron chi connectivity index (χ2n) is 4.57. The number of aryl methyl sites for hydroxylation is 1. The molecule has 0 saturated carbocycles. The molecule has 0 radical (unpaired) electrons. The molecule has 0 heterocycles. The Morgan fingerprint density at radius 2 is 2.00 bits per heavy atom. The molecular weight excluding hydrogens is 272 g/mol. The first-order valence-electron chi connectivity index (χ1n) is 4.95. The third-order valence-electron chi connectivity index (χ3n) is 2.59. The molecule has 0 aromatic heterocycles. The molecule has 4 heteroatoms. The number of benzene rings is 1. The molecular formula is C12H15BrO3. The molecule has 0 amide bonds. The SMILES string of the molecule is Cc1cc(Br)cc(C(C)(C)CC(=O)O)c1O. The molecule has 88 valence electrons. The predicted molar refractivity (Wildman–Crippen MR) is 65.8 cm³/mol. The van der Waals surface area contributed by atoms with Gasteiger partial charge in [-0.2, -0.15) is 0 Å². The summed E-state index contributed by atoms with van der Waals surface area (Å²) in [6.45, 7) is 5.41. The fourth-order valence-electron chi connectivity index (χ4n) is 1.72. The van der Waals surface area contributed by atoms with E-state index in [9.17, 15) is 9.90 Å². The van der Waals surface area contributed by atoms with Gasteiger partial charge in [0.15, 0.2) is 0 Å². The zero-order chi connectivity index (χ0) is 12.5. The van der Waals surface area contributed by atoms with E-state index in [4.69, 9.17) is 5.11 Å². The molecule has 1 rings (SSSR count). The zero-order valence-electron chi connectivity index (χ0n) is 9.54. The van der Waals surface area contributed by atoms with Crippen molar-refractivity contribution in [1.82, 2.24) is 0 Å². The summed E-state index contributed by atoms with van der Waals surface area (Å²) < 4.78 is 0.844. The molecule has 0 aliphatic rings. The summed E-state index contributed by atoms with van der Waals surface area (Å²) in [6.07, 6.45) is -0.0174. The van der Waals surface area contributed by atoms with Gasteiger partial charge in [0.1, 0.15) is 5.75 Å². The van der Waals surface area contributed by atoms with E-state index in [1.54, 1.807) is 19.1 Å². The summed E-state index contributed by atoms with van der Waals surface area (Å²) >= 11 is 3.35. The van der Waals surface area contributed by atoms with Crippen molar-refractivity contribution < 1.29 is 15.0 Å². The summed E-state index contributed by atoms with van der Waals surface area (Å²) in [7, 11) is 0. The molecule has 0 fully saturated rings. The maximum atomic E-state index is 10.8. The number of aromatic hydroxyl groups is 1. The van der Waals surface area contributed by atoms with Gasteiger partial charge in [-0.1, -0.05) is 29.8 Å². The van der Waals surface area contributed by atoms with Crippen LogP contribution in [0.15, 0.2) is 16.6 Å². The number of carboxylic acid groups (broad SMARTS) is 1. The number of phenols is 1. The molecule has 2 N–H and O–H groups in total. The Kier molecular flexibility index (Phi) is 3.63. The Morgan fingerprint density at radius 1 is 1.44 bits per heavy atom. The van der Waals surface area contributed by atoms with Crippen LogP contribution in [-0.2, 0) is 10.2 Å². The van der Waals surface area contributed by atoms with Crippen LogP contribution >= 0.6 is 15.9 Å². The predicted octanol–water partition coefficient (Wildman–Crippen LogP) is 3.22. The number of rotatable bonds is 3. The summed E-state index contributed by atoms with van der Waals surface area (Å²) in [5, 5.41) is 18.8. The summed E-state index contributed by atoms with van der Waals surface area (Å²) in [5.74, 6) is -0.698. The molecule has 16 heavy (non-hydrogen) atoms. The second-order valence-corrected chi connectivity index (χ2v) is 5.49. The van der Waals surface area contributed by atoms with Crippen LogP contribution in [0.1, 0.15) is 31.4 Å². The van der Waals surface area contributed by atoms with Crippen molar-refractivity contribution in [2.24, 2.45) is 0 Å². The highest BCUT2D eigenvalue weighted by molar-refractivity contribution is 9.10. The van der Waals surface area contributed by atoms with Crippen molar-refractivity contribution in [3.63, 3.8) is 0 Å². The van der Waals surface area contributed by atoms with Crippen molar-refractivity contribution in [1.29, 1.82) is 0 Å². The first-order valence-corrected chi connectivity index (χ1v) is 5.75. The minimum absolute atomic E-state index is 0.0174. The summed E-state index contributed by atoms with van der Waals surface area (Å²) in [4.78, 5) is 10.8. The van der Waals surface area contributed by atoms with Crippen molar-refractivity contribution >= 4 is 21.9 Å². The third kappa shape index (κ3) is 2.76. The number of hydrogen-bond acceptors (Lipinski definition) is 2. The average molecular weight is 287 g/mol. The maximum absolute atomic E-state index is 10.8. The Morgan fingerprint density at radius 3 is 2.50 bits per heavy atom. The lowest BCUT2D eigenvalue weighted by Crippen LogP contribution is -2.22. The number of halogens is 1. The van der Waals surface area contributed by atoms with E-state index in [1.807, 2.05) is 13.8 Å². The van der Waals surface area contributed by atoms with Gasteiger partial charge in [-0.15, -0.1) is 0 Å². The number of carbonyl (C=O) groups is 1. The summed E-state index contributed by atoms with van der Waals surface area (Å²) in [5.41, 5.74) is 0.800. The molecule has 0 bridgehead atoms. The Hall–Kier alpha value is -1.03. The van der Waals surface area contributed by atoms with Crippen molar-refractivity contribution in [2.75, 3.05) is 0 Å². The Bertz CT molecular complexity index is 425. The number of hydrogen-bond donors (Lipinski definition) is 2. The first-order chi connectivity index (χ1) is 7.24. The van der Waals surface area contributed by atoms with Crippen molar-refractivity contribution in [2.45, 2.75) is 32.6 Å². The van der Waals surface area contributed by atoms with E-state index in [-0.39, 0.29) is 12.2 Å². The van der Waals surface area contributed by atoms with E-state index < -0.39 is 11.4 Å². The fourth-order valence-corrected chi connectivity index (χ4v) is 2.30. The largest absolute Gasteiger partial charge is 0.507 e. The van der Waals surface area contributed by atoms with Gasteiger partial charge in [0.25, 0.3) is 0 Å². The lowest BCUT2D eigenvalue weighted by atomic mass is 9.80. The van der Waals surface area contributed by atoms with E-state index in [0.29, 0.717) is 5.56 Å². The topological polar surface area (TPSA) is 57.5 Å². The highest BCUT2D eigenvalue weighted by Crippen LogP contribution is 2.37. The first kappa shape index (κ1) is 13.0.